The summed E-state index contributed by atoms with van der Waals surface area (Å²) >= 11 is 5.10. The molecule has 0 heterocycles. The van der Waals surface area contributed by atoms with E-state index in [0.29, 0.717) is 10.7 Å². The Labute approximate surface area is 123 Å². The van der Waals surface area contributed by atoms with Crippen LogP contribution < -0.4 is 16.2 Å². The van der Waals surface area contributed by atoms with Crippen molar-refractivity contribution in [3.63, 3.8) is 0 Å². The van der Waals surface area contributed by atoms with E-state index in [9.17, 15) is 4.79 Å². The predicted molar refractivity (Wildman–Crippen MR) is 84.4 cm³/mol. The quantitative estimate of drug-likeness (QED) is 0.586. The number of carbonyl (C=O) groups excluding carboxylic acids is 1. The maximum Gasteiger partial charge on any atom is 0.269 e. The highest BCUT2D eigenvalue weighted by Gasteiger charge is 2.07. The van der Waals surface area contributed by atoms with E-state index in [-0.39, 0.29) is 5.91 Å². The summed E-state index contributed by atoms with van der Waals surface area (Å²) in [7, 11) is 0. The van der Waals surface area contributed by atoms with Crippen LogP contribution in [0.25, 0.3) is 0 Å². The molecule has 0 saturated heterocycles. The molecule has 0 saturated carbocycles. The summed E-state index contributed by atoms with van der Waals surface area (Å²) in [6.45, 7) is 1.88. The van der Waals surface area contributed by atoms with Gasteiger partial charge >= 0.3 is 0 Å². The van der Waals surface area contributed by atoms with Crippen LogP contribution in [0.5, 0.6) is 0 Å². The van der Waals surface area contributed by atoms with Crippen LogP contribution in [-0.2, 0) is 0 Å². The number of anilines is 1. The van der Waals surface area contributed by atoms with Crippen molar-refractivity contribution in [2.45, 2.75) is 6.92 Å². The molecule has 0 aromatic heterocycles. The van der Waals surface area contributed by atoms with Crippen molar-refractivity contribution in [2.24, 2.45) is 0 Å². The van der Waals surface area contributed by atoms with Crippen molar-refractivity contribution >= 4 is 28.9 Å². The van der Waals surface area contributed by atoms with Crippen molar-refractivity contribution in [2.75, 3.05) is 5.32 Å². The third-order valence-electron chi connectivity index (χ3n) is 2.71. The molecule has 0 atom stereocenters. The molecule has 3 N–H and O–H groups in total. The Bertz CT molecular complexity index is 614. The number of thiocarbonyl (C=S) groups is 1. The lowest BCUT2D eigenvalue weighted by Crippen LogP contribution is -2.43. The topological polar surface area (TPSA) is 53.2 Å². The molecule has 0 aliphatic rings. The molecule has 0 unspecified atom stereocenters. The first-order valence-electron chi connectivity index (χ1n) is 6.15. The van der Waals surface area contributed by atoms with Crippen LogP contribution in [0.15, 0.2) is 54.6 Å². The second kappa shape index (κ2) is 6.68. The normalized spacial score (nSPS) is 9.65. The first-order chi connectivity index (χ1) is 9.66. The fourth-order valence-electron chi connectivity index (χ4n) is 1.69. The van der Waals surface area contributed by atoms with Gasteiger partial charge in [-0.05, 0) is 42.9 Å². The molecule has 0 aliphatic carbocycles. The Hall–Kier alpha value is -2.40. The zero-order valence-electron chi connectivity index (χ0n) is 11.0. The molecule has 0 fully saturated rings. The number of hydrazine groups is 1. The SMILES string of the molecule is Cc1ccccc1C(=O)NNC(=S)Nc1ccccc1. The van der Waals surface area contributed by atoms with Gasteiger partial charge in [0.05, 0.1) is 0 Å². The highest BCUT2D eigenvalue weighted by Crippen LogP contribution is 2.06. The van der Waals surface area contributed by atoms with Crippen molar-refractivity contribution in [3.8, 4) is 0 Å². The molecule has 2 rings (SSSR count). The summed E-state index contributed by atoms with van der Waals surface area (Å²) in [4.78, 5) is 12.0. The molecule has 2 aromatic carbocycles. The van der Waals surface area contributed by atoms with Gasteiger partial charge in [0, 0.05) is 11.3 Å². The summed E-state index contributed by atoms with van der Waals surface area (Å²) in [5.74, 6) is -0.222. The lowest BCUT2D eigenvalue weighted by Gasteiger charge is -2.12. The van der Waals surface area contributed by atoms with Gasteiger partial charge in [0.2, 0.25) is 0 Å². The number of aryl methyl sites for hydroxylation is 1. The molecular formula is C15H15N3OS. The Balaban J connectivity index is 1.88. The van der Waals surface area contributed by atoms with Gasteiger partial charge < -0.3 is 5.32 Å². The van der Waals surface area contributed by atoms with Gasteiger partial charge in [-0.15, -0.1) is 0 Å². The second-order valence-corrected chi connectivity index (χ2v) is 4.62. The van der Waals surface area contributed by atoms with Crippen molar-refractivity contribution in [1.82, 2.24) is 10.9 Å². The number of benzene rings is 2. The van der Waals surface area contributed by atoms with E-state index in [0.717, 1.165) is 11.3 Å². The smallest absolute Gasteiger partial charge is 0.269 e. The third kappa shape index (κ3) is 3.80. The van der Waals surface area contributed by atoms with E-state index >= 15 is 0 Å². The van der Waals surface area contributed by atoms with Crippen LogP contribution in [0, 0.1) is 6.92 Å². The number of hydrogen-bond donors (Lipinski definition) is 3. The summed E-state index contributed by atoms with van der Waals surface area (Å²) < 4.78 is 0. The summed E-state index contributed by atoms with van der Waals surface area (Å²) in [5.41, 5.74) is 7.63. The van der Waals surface area contributed by atoms with Crippen molar-refractivity contribution < 1.29 is 4.79 Å². The highest BCUT2D eigenvalue weighted by atomic mass is 32.1. The Morgan fingerprint density at radius 1 is 0.950 bits per heavy atom. The van der Waals surface area contributed by atoms with Gasteiger partial charge in [0.15, 0.2) is 5.11 Å². The molecule has 2 aromatic rings. The van der Waals surface area contributed by atoms with Crippen LogP contribution in [-0.4, -0.2) is 11.0 Å². The largest absolute Gasteiger partial charge is 0.331 e. The average molecular weight is 285 g/mol. The molecule has 0 bridgehead atoms. The average Bonchev–Trinajstić information content (AvgIpc) is 2.46. The van der Waals surface area contributed by atoms with Crippen molar-refractivity contribution in [3.05, 3.63) is 65.7 Å². The van der Waals surface area contributed by atoms with Gasteiger partial charge in [0.1, 0.15) is 0 Å². The Morgan fingerprint density at radius 3 is 2.30 bits per heavy atom. The number of para-hydroxylation sites is 1. The van der Waals surface area contributed by atoms with E-state index < -0.39 is 0 Å². The van der Waals surface area contributed by atoms with Crippen LogP contribution in [0.4, 0.5) is 5.69 Å². The van der Waals surface area contributed by atoms with E-state index in [1.807, 2.05) is 55.5 Å². The number of rotatable bonds is 2. The number of hydrogen-bond acceptors (Lipinski definition) is 2. The van der Waals surface area contributed by atoms with Crippen LogP contribution in [0.3, 0.4) is 0 Å². The zero-order chi connectivity index (χ0) is 14.4. The van der Waals surface area contributed by atoms with Gasteiger partial charge in [0.25, 0.3) is 5.91 Å². The van der Waals surface area contributed by atoms with Crippen LogP contribution in [0.1, 0.15) is 15.9 Å². The molecule has 102 valence electrons. The molecule has 0 spiro atoms. The first-order valence-corrected chi connectivity index (χ1v) is 6.55. The minimum absolute atomic E-state index is 0.222. The molecule has 5 heteroatoms. The minimum atomic E-state index is -0.222. The van der Waals surface area contributed by atoms with Gasteiger partial charge in [-0.3, -0.25) is 15.6 Å². The fourth-order valence-corrected chi connectivity index (χ4v) is 1.86. The molecular weight excluding hydrogens is 270 g/mol. The Kier molecular flexibility index (Phi) is 4.68. The van der Waals surface area contributed by atoms with E-state index in [2.05, 4.69) is 16.2 Å². The predicted octanol–water partition coefficient (Wildman–Crippen LogP) is 2.63. The first kappa shape index (κ1) is 14.0. The van der Waals surface area contributed by atoms with E-state index in [1.165, 1.54) is 0 Å². The lowest BCUT2D eigenvalue weighted by molar-refractivity contribution is 0.0943. The minimum Gasteiger partial charge on any atom is -0.331 e. The number of carbonyl (C=O) groups is 1. The van der Waals surface area contributed by atoms with Crippen molar-refractivity contribution in [1.29, 1.82) is 0 Å². The molecule has 4 nitrogen and oxygen atoms in total. The Morgan fingerprint density at radius 2 is 1.60 bits per heavy atom. The van der Waals surface area contributed by atoms with Gasteiger partial charge in [-0.1, -0.05) is 36.4 Å². The lowest BCUT2D eigenvalue weighted by atomic mass is 10.1. The summed E-state index contributed by atoms with van der Waals surface area (Å²) in [6.07, 6.45) is 0. The second-order valence-electron chi connectivity index (χ2n) is 4.21. The highest BCUT2D eigenvalue weighted by molar-refractivity contribution is 7.80. The monoisotopic (exact) mass is 285 g/mol. The molecule has 1 amide bonds. The summed E-state index contributed by atoms with van der Waals surface area (Å²) in [5, 5.41) is 3.30. The van der Waals surface area contributed by atoms with E-state index in [1.54, 1.807) is 6.07 Å². The number of amides is 1. The van der Waals surface area contributed by atoms with Gasteiger partial charge in [-0.2, -0.15) is 0 Å². The number of nitrogens with one attached hydrogen (secondary N) is 3. The van der Waals surface area contributed by atoms with E-state index in [4.69, 9.17) is 12.2 Å². The fraction of sp³-hybridized carbons (Fsp3) is 0.0667. The van der Waals surface area contributed by atoms with Gasteiger partial charge in [-0.25, -0.2) is 0 Å². The van der Waals surface area contributed by atoms with Crippen LogP contribution in [0.2, 0.25) is 0 Å². The maximum absolute atomic E-state index is 12.0. The maximum atomic E-state index is 12.0. The van der Waals surface area contributed by atoms with Crippen LogP contribution >= 0.6 is 12.2 Å². The third-order valence-corrected chi connectivity index (χ3v) is 2.92. The molecule has 0 aliphatic heterocycles. The standard InChI is InChI=1S/C15H15N3OS/c1-11-7-5-6-10-13(11)14(19)17-18-15(20)16-12-8-3-2-4-9-12/h2-10H,1H3,(H,17,19)(H2,16,18,20). The molecule has 20 heavy (non-hydrogen) atoms. The molecule has 0 radical (unpaired) electrons. The zero-order valence-corrected chi connectivity index (χ0v) is 11.8. The summed E-state index contributed by atoms with van der Waals surface area (Å²) in [6, 6.07) is 16.8.